The number of amides is 1. The molecule has 0 atom stereocenters. The Morgan fingerprint density at radius 2 is 2.10 bits per heavy atom. The van der Waals surface area contributed by atoms with Crippen LogP contribution in [0.25, 0.3) is 0 Å². The number of esters is 1. The second-order valence-electron chi connectivity index (χ2n) is 5.26. The molecule has 0 N–H and O–H groups in total. The molecule has 1 aromatic heterocycles. The number of hydrogen-bond acceptors (Lipinski definition) is 5. The summed E-state index contributed by atoms with van der Waals surface area (Å²) in [5.74, 6) is -0.398. The van der Waals surface area contributed by atoms with Gasteiger partial charge in [-0.25, -0.2) is 0 Å². The van der Waals surface area contributed by atoms with E-state index < -0.39 is 0 Å². The maximum absolute atomic E-state index is 12.0. The Hall–Kier alpha value is -2.11. The molecule has 1 heterocycles. The van der Waals surface area contributed by atoms with E-state index in [0.717, 1.165) is 18.5 Å². The van der Waals surface area contributed by atoms with E-state index >= 15 is 0 Å². The van der Waals surface area contributed by atoms with Crippen molar-refractivity contribution < 1.29 is 14.3 Å². The summed E-state index contributed by atoms with van der Waals surface area (Å²) in [7, 11) is 3.38. The van der Waals surface area contributed by atoms with Crippen molar-refractivity contribution in [2.45, 2.75) is 25.8 Å². The lowest BCUT2D eigenvalue weighted by atomic mass is 10.2. The SMILES string of the molecule is CCOC(=O)CN(c1ccnc(C(=O)N(C)C)c1)C1CC1. The van der Waals surface area contributed by atoms with Gasteiger partial charge in [-0.15, -0.1) is 0 Å². The molecule has 1 aliphatic rings. The van der Waals surface area contributed by atoms with Crippen LogP contribution in [-0.4, -0.2) is 55.0 Å². The van der Waals surface area contributed by atoms with Gasteiger partial charge >= 0.3 is 5.97 Å². The molecule has 0 aliphatic heterocycles. The molecule has 0 unspecified atom stereocenters. The van der Waals surface area contributed by atoms with Crippen LogP contribution in [0.15, 0.2) is 18.3 Å². The zero-order chi connectivity index (χ0) is 15.4. The number of hydrogen-bond donors (Lipinski definition) is 0. The van der Waals surface area contributed by atoms with Crippen molar-refractivity contribution in [1.82, 2.24) is 9.88 Å². The Balaban J connectivity index is 2.18. The fourth-order valence-electron chi connectivity index (χ4n) is 2.11. The van der Waals surface area contributed by atoms with Gasteiger partial charge in [0, 0.05) is 32.0 Å². The maximum atomic E-state index is 12.0. The first-order valence-electron chi connectivity index (χ1n) is 7.13. The summed E-state index contributed by atoms with van der Waals surface area (Å²) in [6, 6.07) is 3.91. The zero-order valence-electron chi connectivity index (χ0n) is 12.7. The molecule has 0 radical (unpaired) electrons. The Kier molecular flexibility index (Phi) is 4.77. The smallest absolute Gasteiger partial charge is 0.325 e. The first-order chi connectivity index (χ1) is 10.0. The largest absolute Gasteiger partial charge is 0.465 e. The van der Waals surface area contributed by atoms with Gasteiger partial charge in [0.05, 0.1) is 6.61 Å². The number of carbonyl (C=O) groups is 2. The highest BCUT2D eigenvalue weighted by Crippen LogP contribution is 2.31. The molecule has 0 spiro atoms. The number of anilines is 1. The van der Waals surface area contributed by atoms with Crippen LogP contribution >= 0.6 is 0 Å². The van der Waals surface area contributed by atoms with Gasteiger partial charge < -0.3 is 14.5 Å². The monoisotopic (exact) mass is 291 g/mol. The van der Waals surface area contributed by atoms with Crippen LogP contribution in [0.2, 0.25) is 0 Å². The summed E-state index contributed by atoms with van der Waals surface area (Å²) in [6.45, 7) is 2.37. The third-order valence-corrected chi connectivity index (χ3v) is 3.29. The third kappa shape index (κ3) is 3.93. The normalized spacial score (nSPS) is 13.7. The average molecular weight is 291 g/mol. The Bertz CT molecular complexity index is 527. The van der Waals surface area contributed by atoms with E-state index in [1.165, 1.54) is 4.90 Å². The minimum absolute atomic E-state index is 0.149. The van der Waals surface area contributed by atoms with E-state index in [0.29, 0.717) is 18.3 Å². The molecule has 1 fully saturated rings. The van der Waals surface area contributed by atoms with E-state index in [1.807, 2.05) is 11.0 Å². The number of aromatic nitrogens is 1. The molecule has 1 amide bonds. The van der Waals surface area contributed by atoms with Gasteiger partial charge in [-0.2, -0.15) is 0 Å². The van der Waals surface area contributed by atoms with E-state index in [1.54, 1.807) is 33.3 Å². The Morgan fingerprint density at radius 1 is 1.38 bits per heavy atom. The van der Waals surface area contributed by atoms with Crippen LogP contribution in [0, 0.1) is 0 Å². The standard InChI is InChI=1S/C15H21N3O3/c1-4-21-14(19)10-18(11-5-6-11)12-7-8-16-13(9-12)15(20)17(2)3/h7-9,11H,4-6,10H2,1-3H3. The molecular weight excluding hydrogens is 270 g/mol. The highest BCUT2D eigenvalue weighted by Gasteiger charge is 2.31. The predicted octanol–water partition coefficient (Wildman–Crippen LogP) is 1.32. The predicted molar refractivity (Wildman–Crippen MR) is 79.3 cm³/mol. The minimum Gasteiger partial charge on any atom is -0.465 e. The highest BCUT2D eigenvalue weighted by molar-refractivity contribution is 5.93. The molecule has 114 valence electrons. The molecule has 0 aromatic carbocycles. The first-order valence-corrected chi connectivity index (χ1v) is 7.13. The van der Waals surface area contributed by atoms with Crippen molar-refractivity contribution in [3.8, 4) is 0 Å². The maximum Gasteiger partial charge on any atom is 0.325 e. The van der Waals surface area contributed by atoms with E-state index in [-0.39, 0.29) is 18.4 Å². The second-order valence-corrected chi connectivity index (χ2v) is 5.26. The lowest BCUT2D eigenvalue weighted by Crippen LogP contribution is -2.33. The van der Waals surface area contributed by atoms with Gasteiger partial charge in [0.15, 0.2) is 0 Å². The summed E-state index contributed by atoms with van der Waals surface area (Å²) < 4.78 is 5.02. The molecule has 6 nitrogen and oxygen atoms in total. The van der Waals surface area contributed by atoms with E-state index in [2.05, 4.69) is 4.98 Å². The topological polar surface area (TPSA) is 62.7 Å². The van der Waals surface area contributed by atoms with Crippen LogP contribution in [0.1, 0.15) is 30.3 Å². The first kappa shape index (κ1) is 15.3. The van der Waals surface area contributed by atoms with E-state index in [4.69, 9.17) is 4.74 Å². The van der Waals surface area contributed by atoms with Crippen molar-refractivity contribution in [1.29, 1.82) is 0 Å². The average Bonchev–Trinajstić information content (AvgIpc) is 3.29. The van der Waals surface area contributed by atoms with Crippen molar-refractivity contribution in [2.24, 2.45) is 0 Å². The third-order valence-electron chi connectivity index (χ3n) is 3.29. The number of nitrogens with zero attached hydrogens (tertiary/aromatic N) is 3. The van der Waals surface area contributed by atoms with Crippen LogP contribution in [-0.2, 0) is 9.53 Å². The number of pyridine rings is 1. The molecule has 6 heteroatoms. The molecule has 1 aliphatic carbocycles. The lowest BCUT2D eigenvalue weighted by molar-refractivity contribution is -0.141. The van der Waals surface area contributed by atoms with Crippen LogP contribution < -0.4 is 4.90 Å². The summed E-state index contributed by atoms with van der Waals surface area (Å²) in [5, 5.41) is 0. The molecule has 21 heavy (non-hydrogen) atoms. The molecular formula is C15H21N3O3. The van der Waals surface area contributed by atoms with Crippen molar-refractivity contribution in [2.75, 3.05) is 32.1 Å². The van der Waals surface area contributed by atoms with Crippen LogP contribution in [0.5, 0.6) is 0 Å². The summed E-state index contributed by atoms with van der Waals surface area (Å²) in [5.41, 5.74) is 1.22. The van der Waals surface area contributed by atoms with Crippen LogP contribution in [0.4, 0.5) is 5.69 Å². The van der Waals surface area contributed by atoms with Crippen molar-refractivity contribution in [3.63, 3.8) is 0 Å². The fourth-order valence-corrected chi connectivity index (χ4v) is 2.11. The van der Waals surface area contributed by atoms with Gasteiger partial charge in [-0.05, 0) is 31.9 Å². The Morgan fingerprint density at radius 3 is 2.67 bits per heavy atom. The van der Waals surface area contributed by atoms with Gasteiger partial charge in [-0.3, -0.25) is 14.6 Å². The fraction of sp³-hybridized carbons (Fsp3) is 0.533. The van der Waals surface area contributed by atoms with Gasteiger partial charge in [0.25, 0.3) is 5.91 Å². The highest BCUT2D eigenvalue weighted by atomic mass is 16.5. The lowest BCUT2D eigenvalue weighted by Gasteiger charge is -2.24. The molecule has 1 saturated carbocycles. The van der Waals surface area contributed by atoms with Crippen molar-refractivity contribution >= 4 is 17.6 Å². The number of ether oxygens (including phenoxy) is 1. The van der Waals surface area contributed by atoms with Gasteiger partial charge in [-0.1, -0.05) is 0 Å². The molecule has 2 rings (SSSR count). The van der Waals surface area contributed by atoms with Gasteiger partial charge in [0.1, 0.15) is 12.2 Å². The summed E-state index contributed by atoms with van der Waals surface area (Å²) in [4.78, 5) is 31.3. The summed E-state index contributed by atoms with van der Waals surface area (Å²) >= 11 is 0. The quantitative estimate of drug-likeness (QED) is 0.740. The van der Waals surface area contributed by atoms with Crippen molar-refractivity contribution in [3.05, 3.63) is 24.0 Å². The second kappa shape index (κ2) is 6.56. The van der Waals surface area contributed by atoms with Gasteiger partial charge in [0.2, 0.25) is 0 Å². The van der Waals surface area contributed by atoms with E-state index in [9.17, 15) is 9.59 Å². The number of rotatable bonds is 6. The zero-order valence-corrected chi connectivity index (χ0v) is 12.7. The Labute approximate surface area is 124 Å². The van der Waals surface area contributed by atoms with Crippen LogP contribution in [0.3, 0.4) is 0 Å². The molecule has 0 bridgehead atoms. The molecule has 1 aromatic rings. The summed E-state index contributed by atoms with van der Waals surface area (Å²) in [6.07, 6.45) is 3.71. The minimum atomic E-state index is -0.248. The number of carbonyl (C=O) groups excluding carboxylic acids is 2. The molecule has 0 saturated heterocycles.